The van der Waals surface area contributed by atoms with Crippen molar-refractivity contribution in [2.24, 2.45) is 0 Å². The number of rotatable bonds is 24. The van der Waals surface area contributed by atoms with Crippen molar-refractivity contribution in [2.45, 2.75) is 109 Å². The molecule has 0 aromatic carbocycles. The molecule has 0 aliphatic heterocycles. The van der Waals surface area contributed by atoms with Gasteiger partial charge in [-0.2, -0.15) is 0 Å². The molecule has 8 nitrogen and oxygen atoms in total. The summed E-state index contributed by atoms with van der Waals surface area (Å²) in [6.45, 7) is 1.26. The van der Waals surface area contributed by atoms with Crippen LogP contribution in [0.3, 0.4) is 0 Å². The lowest BCUT2D eigenvalue weighted by Crippen LogP contribution is -2.23. The van der Waals surface area contributed by atoms with E-state index in [9.17, 15) is 14.6 Å². The van der Waals surface area contributed by atoms with Crippen LogP contribution >= 0.6 is 7.82 Å². The molecule has 0 heterocycles. The van der Waals surface area contributed by atoms with Gasteiger partial charge in [0.1, 0.15) is 12.2 Å². The SMILES string of the molecule is CCCCCCCCCCCCCCCCOCC(O)COP(=O)(O)OCC(O)CO. The molecule has 0 fully saturated rings. The third-order valence-electron chi connectivity index (χ3n) is 5.02. The molecule has 0 rings (SSSR count). The molecule has 3 atom stereocenters. The van der Waals surface area contributed by atoms with Gasteiger partial charge in [-0.25, -0.2) is 4.57 Å². The monoisotopic (exact) mass is 470 g/mol. The zero-order valence-electron chi connectivity index (χ0n) is 19.5. The average Bonchev–Trinajstić information content (AvgIpc) is 2.76. The summed E-state index contributed by atoms with van der Waals surface area (Å²) in [7, 11) is -4.38. The molecule has 0 aliphatic carbocycles. The van der Waals surface area contributed by atoms with Crippen molar-refractivity contribution in [1.29, 1.82) is 0 Å². The second-order valence-electron chi connectivity index (χ2n) is 8.22. The van der Waals surface area contributed by atoms with E-state index in [1.54, 1.807) is 0 Å². The Hall–Kier alpha value is -0.0500. The first-order chi connectivity index (χ1) is 14.9. The van der Waals surface area contributed by atoms with E-state index in [1.165, 1.54) is 77.0 Å². The fourth-order valence-electron chi connectivity index (χ4n) is 3.12. The van der Waals surface area contributed by atoms with Gasteiger partial charge < -0.3 is 24.9 Å². The van der Waals surface area contributed by atoms with E-state index in [0.29, 0.717) is 6.61 Å². The van der Waals surface area contributed by atoms with Gasteiger partial charge in [0.15, 0.2) is 0 Å². The summed E-state index contributed by atoms with van der Waals surface area (Å²) >= 11 is 0. The standard InChI is InChI=1S/C22H47O8P/c1-2-3-4-5-6-7-8-9-10-11-12-13-14-15-16-28-18-22(25)20-30-31(26,27)29-19-21(24)17-23/h21-25H,2-20H2,1H3,(H,26,27). The molecule has 0 spiro atoms. The Morgan fingerprint density at radius 1 is 0.677 bits per heavy atom. The summed E-state index contributed by atoms with van der Waals surface area (Å²) in [6.07, 6.45) is 15.8. The van der Waals surface area contributed by atoms with Crippen LogP contribution in [0.5, 0.6) is 0 Å². The van der Waals surface area contributed by atoms with E-state index >= 15 is 0 Å². The molecule has 0 bridgehead atoms. The third-order valence-corrected chi connectivity index (χ3v) is 5.97. The molecule has 188 valence electrons. The van der Waals surface area contributed by atoms with Gasteiger partial charge in [0.05, 0.1) is 26.4 Å². The van der Waals surface area contributed by atoms with Crippen LogP contribution in [0, 0.1) is 0 Å². The molecule has 0 aromatic heterocycles. The zero-order chi connectivity index (χ0) is 23.2. The number of ether oxygens (including phenoxy) is 1. The molecule has 0 aliphatic rings. The first-order valence-corrected chi connectivity index (χ1v) is 13.6. The molecule has 0 saturated heterocycles. The Morgan fingerprint density at radius 2 is 1.10 bits per heavy atom. The number of aliphatic hydroxyl groups is 3. The van der Waals surface area contributed by atoms with Crippen LogP contribution in [0.1, 0.15) is 96.8 Å². The van der Waals surface area contributed by atoms with Crippen LogP contribution < -0.4 is 0 Å². The van der Waals surface area contributed by atoms with Crippen LogP contribution in [0.4, 0.5) is 0 Å². The highest BCUT2D eigenvalue weighted by atomic mass is 31.2. The Kier molecular flexibility index (Phi) is 21.7. The van der Waals surface area contributed by atoms with Gasteiger partial charge in [-0.1, -0.05) is 90.4 Å². The molecule has 31 heavy (non-hydrogen) atoms. The predicted molar refractivity (Wildman–Crippen MR) is 122 cm³/mol. The van der Waals surface area contributed by atoms with Gasteiger partial charge in [-0.15, -0.1) is 0 Å². The first-order valence-electron chi connectivity index (χ1n) is 12.1. The van der Waals surface area contributed by atoms with Crippen molar-refractivity contribution in [2.75, 3.05) is 33.0 Å². The minimum atomic E-state index is -4.38. The smallest absolute Gasteiger partial charge is 0.394 e. The third kappa shape index (κ3) is 22.9. The van der Waals surface area contributed by atoms with Gasteiger partial charge in [-0.05, 0) is 6.42 Å². The summed E-state index contributed by atoms with van der Waals surface area (Å²) in [5, 5.41) is 27.4. The van der Waals surface area contributed by atoms with Crippen molar-refractivity contribution < 1.29 is 38.6 Å². The Bertz CT molecular complexity index is 424. The zero-order valence-corrected chi connectivity index (χ0v) is 20.4. The van der Waals surface area contributed by atoms with E-state index in [1.807, 2.05) is 0 Å². The molecule has 0 aromatic rings. The predicted octanol–water partition coefficient (Wildman–Crippen LogP) is 4.33. The van der Waals surface area contributed by atoms with E-state index in [2.05, 4.69) is 16.0 Å². The topological polar surface area (TPSA) is 126 Å². The van der Waals surface area contributed by atoms with Crippen LogP contribution in [0.15, 0.2) is 0 Å². The van der Waals surface area contributed by atoms with Crippen molar-refractivity contribution in [3.05, 3.63) is 0 Å². The van der Waals surface area contributed by atoms with Gasteiger partial charge in [0.25, 0.3) is 0 Å². The van der Waals surface area contributed by atoms with Gasteiger partial charge in [0, 0.05) is 6.61 Å². The van der Waals surface area contributed by atoms with Crippen molar-refractivity contribution in [3.63, 3.8) is 0 Å². The lowest BCUT2D eigenvalue weighted by atomic mass is 10.0. The molecule has 0 saturated carbocycles. The normalized spacial score (nSPS) is 15.6. The second kappa shape index (κ2) is 21.8. The molecule has 4 N–H and O–H groups in total. The number of aliphatic hydroxyl groups excluding tert-OH is 3. The molecule has 9 heteroatoms. The highest BCUT2D eigenvalue weighted by molar-refractivity contribution is 7.47. The van der Waals surface area contributed by atoms with Crippen LogP contribution in [0.2, 0.25) is 0 Å². The molecule has 0 amide bonds. The lowest BCUT2D eigenvalue weighted by Gasteiger charge is -2.16. The minimum absolute atomic E-state index is 0.0116. The average molecular weight is 471 g/mol. The van der Waals surface area contributed by atoms with Gasteiger partial charge in [-0.3, -0.25) is 9.05 Å². The largest absolute Gasteiger partial charge is 0.472 e. The maximum Gasteiger partial charge on any atom is 0.472 e. The number of unbranched alkanes of at least 4 members (excludes halogenated alkanes) is 13. The quantitative estimate of drug-likeness (QED) is 0.121. The number of hydrogen-bond acceptors (Lipinski definition) is 7. The van der Waals surface area contributed by atoms with Crippen molar-refractivity contribution >= 4 is 7.82 Å². The highest BCUT2D eigenvalue weighted by Gasteiger charge is 2.24. The summed E-state index contributed by atoms with van der Waals surface area (Å²) in [5.74, 6) is 0. The number of hydrogen-bond donors (Lipinski definition) is 4. The maximum absolute atomic E-state index is 11.5. The molecule has 3 unspecified atom stereocenters. The molecule has 0 radical (unpaired) electrons. The lowest BCUT2D eigenvalue weighted by molar-refractivity contribution is -0.00437. The molecular formula is C22H47O8P. The van der Waals surface area contributed by atoms with Crippen LogP contribution in [0.25, 0.3) is 0 Å². The number of phosphoric ester groups is 1. The van der Waals surface area contributed by atoms with Gasteiger partial charge >= 0.3 is 7.82 Å². The number of phosphoric acid groups is 1. The summed E-state index contributed by atoms with van der Waals surface area (Å²) in [5.41, 5.74) is 0. The maximum atomic E-state index is 11.5. The summed E-state index contributed by atoms with van der Waals surface area (Å²) in [4.78, 5) is 9.39. The highest BCUT2D eigenvalue weighted by Crippen LogP contribution is 2.43. The summed E-state index contributed by atoms with van der Waals surface area (Å²) in [6, 6.07) is 0. The van der Waals surface area contributed by atoms with E-state index < -0.39 is 39.9 Å². The van der Waals surface area contributed by atoms with Crippen molar-refractivity contribution in [1.82, 2.24) is 0 Å². The molecular weight excluding hydrogens is 423 g/mol. The van der Waals surface area contributed by atoms with Crippen LogP contribution in [-0.4, -0.2) is 65.5 Å². The van der Waals surface area contributed by atoms with E-state index in [-0.39, 0.29) is 6.61 Å². The summed E-state index contributed by atoms with van der Waals surface area (Å²) < 4.78 is 26.0. The Labute approximate surface area is 188 Å². The van der Waals surface area contributed by atoms with Crippen LogP contribution in [-0.2, 0) is 18.3 Å². The van der Waals surface area contributed by atoms with E-state index in [4.69, 9.17) is 14.9 Å². The fourth-order valence-corrected chi connectivity index (χ4v) is 3.91. The minimum Gasteiger partial charge on any atom is -0.394 e. The second-order valence-corrected chi connectivity index (χ2v) is 9.67. The van der Waals surface area contributed by atoms with E-state index in [0.717, 1.165) is 12.8 Å². The van der Waals surface area contributed by atoms with Crippen molar-refractivity contribution in [3.8, 4) is 0 Å². The first kappa shape index (κ1) is 30.9. The Balaban J connectivity index is 3.37. The Morgan fingerprint density at radius 3 is 1.55 bits per heavy atom. The fraction of sp³-hybridized carbons (Fsp3) is 1.00. The van der Waals surface area contributed by atoms with Gasteiger partial charge in [0.2, 0.25) is 0 Å².